The van der Waals surface area contributed by atoms with Gasteiger partial charge < -0.3 is 14.8 Å². The van der Waals surface area contributed by atoms with E-state index in [1.807, 2.05) is 13.8 Å². The monoisotopic (exact) mass is 370 g/mol. The molecule has 0 aliphatic rings. The average molecular weight is 371 g/mol. The minimum Gasteiger partial charge on any atom is -0.482 e. The number of carbonyl (C=O) groups excluding carboxylic acids is 3. The molecule has 0 aliphatic heterocycles. The molecule has 2 N–H and O–H groups in total. The number of nitrogens with one attached hydrogen (secondary N) is 2. The summed E-state index contributed by atoms with van der Waals surface area (Å²) in [5, 5.41) is 5.19. The molecule has 0 spiro atoms. The van der Waals surface area contributed by atoms with Crippen molar-refractivity contribution in [1.29, 1.82) is 0 Å². The summed E-state index contributed by atoms with van der Waals surface area (Å²) < 4.78 is 10.0. The van der Waals surface area contributed by atoms with Crippen LogP contribution in [0.4, 0.5) is 4.79 Å². The molecule has 0 aliphatic carbocycles. The fraction of sp³-hybridized carbons (Fsp3) is 0.471. The summed E-state index contributed by atoms with van der Waals surface area (Å²) >= 11 is 5.83. The molecule has 25 heavy (non-hydrogen) atoms. The third-order valence-electron chi connectivity index (χ3n) is 3.11. The second kappa shape index (κ2) is 10.6. The molecule has 3 amide bonds. The summed E-state index contributed by atoms with van der Waals surface area (Å²) in [5.41, 5.74) is 0.774. The van der Waals surface area contributed by atoms with Crippen LogP contribution in [0.2, 0.25) is 5.02 Å². The molecule has 8 heteroatoms. The molecular weight excluding hydrogens is 348 g/mol. The average Bonchev–Trinajstić information content (AvgIpc) is 2.51. The highest BCUT2D eigenvalue weighted by atomic mass is 35.5. The third-order valence-corrected chi connectivity index (χ3v) is 3.34. The van der Waals surface area contributed by atoms with Crippen molar-refractivity contribution in [1.82, 2.24) is 10.6 Å². The maximum atomic E-state index is 11.6. The van der Waals surface area contributed by atoms with Crippen LogP contribution in [-0.2, 0) is 14.3 Å². The summed E-state index contributed by atoms with van der Waals surface area (Å²) in [4.78, 5) is 34.5. The third kappa shape index (κ3) is 8.95. The van der Waals surface area contributed by atoms with Gasteiger partial charge in [-0.1, -0.05) is 25.4 Å². The second-order valence-corrected chi connectivity index (χ2v) is 6.28. The van der Waals surface area contributed by atoms with E-state index in [2.05, 4.69) is 10.6 Å². The highest BCUT2D eigenvalue weighted by Gasteiger charge is 2.12. The number of benzene rings is 1. The molecule has 1 aromatic rings. The predicted octanol–water partition coefficient (Wildman–Crippen LogP) is 2.44. The highest BCUT2D eigenvalue weighted by Crippen LogP contribution is 2.21. The van der Waals surface area contributed by atoms with Crippen LogP contribution in [0.15, 0.2) is 18.2 Å². The largest absolute Gasteiger partial charge is 0.482 e. The maximum Gasteiger partial charge on any atom is 0.344 e. The number of rotatable bonds is 8. The van der Waals surface area contributed by atoms with Crippen LogP contribution in [0.1, 0.15) is 25.8 Å². The molecule has 0 fully saturated rings. The van der Waals surface area contributed by atoms with Crippen molar-refractivity contribution in [2.75, 3.05) is 19.8 Å². The van der Waals surface area contributed by atoms with Gasteiger partial charge in [-0.25, -0.2) is 9.59 Å². The van der Waals surface area contributed by atoms with Crippen LogP contribution in [0.3, 0.4) is 0 Å². The molecule has 0 saturated carbocycles. The standard InChI is InChI=1S/C17H23ClN2O5/c1-11(2)6-7-19-17(23)20-15(21)9-25-16(22)10-24-14-5-4-13(18)8-12(14)3/h4-5,8,11H,6-7,9-10H2,1-3H3,(H2,19,20,21,23). The van der Waals surface area contributed by atoms with Gasteiger partial charge in [-0.3, -0.25) is 10.1 Å². The van der Waals surface area contributed by atoms with Crippen molar-refractivity contribution in [3.63, 3.8) is 0 Å². The van der Waals surface area contributed by atoms with Crippen LogP contribution in [-0.4, -0.2) is 37.7 Å². The van der Waals surface area contributed by atoms with E-state index in [1.54, 1.807) is 25.1 Å². The Morgan fingerprint density at radius 1 is 1.20 bits per heavy atom. The molecule has 1 aromatic carbocycles. The van der Waals surface area contributed by atoms with Crippen molar-refractivity contribution < 1.29 is 23.9 Å². The van der Waals surface area contributed by atoms with Crippen molar-refractivity contribution in [2.45, 2.75) is 27.2 Å². The first-order valence-electron chi connectivity index (χ1n) is 7.90. The van der Waals surface area contributed by atoms with Gasteiger partial charge in [-0.15, -0.1) is 0 Å². The zero-order valence-electron chi connectivity index (χ0n) is 14.6. The Morgan fingerprint density at radius 2 is 1.92 bits per heavy atom. The molecule has 0 aromatic heterocycles. The first-order chi connectivity index (χ1) is 11.8. The maximum absolute atomic E-state index is 11.6. The van der Waals surface area contributed by atoms with E-state index in [-0.39, 0.29) is 6.61 Å². The van der Waals surface area contributed by atoms with Crippen LogP contribution in [0.5, 0.6) is 5.75 Å². The number of hydrogen-bond acceptors (Lipinski definition) is 5. The fourth-order valence-corrected chi connectivity index (χ4v) is 2.01. The normalized spacial score (nSPS) is 10.3. The lowest BCUT2D eigenvalue weighted by atomic mass is 10.1. The van der Waals surface area contributed by atoms with Gasteiger partial charge in [-0.05, 0) is 43.0 Å². The lowest BCUT2D eigenvalue weighted by molar-refractivity contribution is -0.150. The SMILES string of the molecule is Cc1cc(Cl)ccc1OCC(=O)OCC(=O)NC(=O)NCCC(C)C. The lowest BCUT2D eigenvalue weighted by Crippen LogP contribution is -2.42. The molecular formula is C17H23ClN2O5. The van der Waals surface area contributed by atoms with Gasteiger partial charge in [0.2, 0.25) is 0 Å². The van der Waals surface area contributed by atoms with Crippen LogP contribution in [0.25, 0.3) is 0 Å². The number of ether oxygens (including phenoxy) is 2. The Balaban J connectivity index is 2.24. The Bertz CT molecular complexity index is 619. The van der Waals surface area contributed by atoms with Crippen LogP contribution >= 0.6 is 11.6 Å². The molecule has 7 nitrogen and oxygen atoms in total. The summed E-state index contributed by atoms with van der Waals surface area (Å²) in [6.45, 7) is 5.40. The number of halogens is 1. The number of aryl methyl sites for hydroxylation is 1. The van der Waals surface area contributed by atoms with E-state index >= 15 is 0 Å². The number of imide groups is 1. The van der Waals surface area contributed by atoms with Crippen molar-refractivity contribution in [3.05, 3.63) is 28.8 Å². The summed E-state index contributed by atoms with van der Waals surface area (Å²) in [6, 6.07) is 4.36. The molecule has 138 valence electrons. The molecule has 0 atom stereocenters. The number of amides is 3. The molecule has 0 bridgehead atoms. The summed E-state index contributed by atoms with van der Waals surface area (Å²) in [5.74, 6) is -0.487. The molecule has 0 heterocycles. The van der Waals surface area contributed by atoms with Crippen LogP contribution in [0, 0.1) is 12.8 Å². The van der Waals surface area contributed by atoms with Gasteiger partial charge in [0.1, 0.15) is 5.75 Å². The zero-order chi connectivity index (χ0) is 18.8. The van der Waals surface area contributed by atoms with Gasteiger partial charge in [0, 0.05) is 11.6 Å². The first-order valence-corrected chi connectivity index (χ1v) is 8.28. The van der Waals surface area contributed by atoms with Gasteiger partial charge in [0.05, 0.1) is 0 Å². The van der Waals surface area contributed by atoms with Crippen molar-refractivity contribution >= 4 is 29.5 Å². The van der Waals surface area contributed by atoms with Gasteiger partial charge in [0.15, 0.2) is 13.2 Å². The number of hydrogen-bond donors (Lipinski definition) is 2. The quantitative estimate of drug-likeness (QED) is 0.685. The van der Waals surface area contributed by atoms with E-state index < -0.39 is 24.5 Å². The predicted molar refractivity (Wildman–Crippen MR) is 93.6 cm³/mol. The second-order valence-electron chi connectivity index (χ2n) is 5.85. The Labute approximate surface area is 152 Å². The van der Waals surface area contributed by atoms with Gasteiger partial charge >= 0.3 is 12.0 Å². The number of urea groups is 1. The van der Waals surface area contributed by atoms with E-state index in [9.17, 15) is 14.4 Å². The van der Waals surface area contributed by atoms with E-state index in [0.717, 1.165) is 12.0 Å². The fourth-order valence-electron chi connectivity index (χ4n) is 1.78. The van der Waals surface area contributed by atoms with E-state index in [0.29, 0.717) is 23.2 Å². The van der Waals surface area contributed by atoms with Crippen molar-refractivity contribution in [2.24, 2.45) is 5.92 Å². The lowest BCUT2D eigenvalue weighted by Gasteiger charge is -2.10. The van der Waals surface area contributed by atoms with Crippen molar-refractivity contribution in [3.8, 4) is 5.75 Å². The van der Waals surface area contributed by atoms with Crippen LogP contribution < -0.4 is 15.4 Å². The zero-order valence-corrected chi connectivity index (χ0v) is 15.3. The molecule has 0 unspecified atom stereocenters. The molecule has 1 rings (SSSR count). The Kier molecular flexibility index (Phi) is 8.77. The van der Waals surface area contributed by atoms with E-state index in [1.165, 1.54) is 0 Å². The molecule has 0 radical (unpaired) electrons. The van der Waals surface area contributed by atoms with E-state index in [4.69, 9.17) is 21.1 Å². The summed E-state index contributed by atoms with van der Waals surface area (Å²) in [7, 11) is 0. The number of carbonyl (C=O) groups is 3. The van der Waals surface area contributed by atoms with Gasteiger partial charge in [0.25, 0.3) is 5.91 Å². The summed E-state index contributed by atoms with van der Waals surface area (Å²) in [6.07, 6.45) is 0.804. The number of esters is 1. The topological polar surface area (TPSA) is 93.7 Å². The Hall–Kier alpha value is -2.28. The Morgan fingerprint density at radius 3 is 2.56 bits per heavy atom. The first kappa shape index (κ1) is 20.8. The minimum atomic E-state index is -0.718. The smallest absolute Gasteiger partial charge is 0.344 e. The minimum absolute atomic E-state index is 0.351. The molecule has 0 saturated heterocycles. The van der Waals surface area contributed by atoms with Gasteiger partial charge in [-0.2, -0.15) is 0 Å². The highest BCUT2D eigenvalue weighted by molar-refractivity contribution is 6.30.